The molecule has 1 amide bonds. The van der Waals surface area contributed by atoms with E-state index >= 15 is 0 Å². The number of carbonyl (C=O) groups excluding carboxylic acids is 1. The van der Waals surface area contributed by atoms with Crippen LogP contribution in [0.1, 0.15) is 22.0 Å². The Morgan fingerprint density at radius 3 is 2.69 bits per heavy atom. The number of para-hydroxylation sites is 1. The zero-order valence-electron chi connectivity index (χ0n) is 16.0. The Balaban J connectivity index is 1.28. The second-order valence-corrected chi connectivity index (χ2v) is 8.36. The first kappa shape index (κ1) is 18.3. The van der Waals surface area contributed by atoms with Crippen LogP contribution in [0.3, 0.4) is 0 Å². The number of anilines is 1. The van der Waals surface area contributed by atoms with E-state index in [0.29, 0.717) is 17.7 Å². The number of amides is 1. The van der Waals surface area contributed by atoms with Gasteiger partial charge in [0.05, 0.1) is 0 Å². The van der Waals surface area contributed by atoms with Crippen LogP contribution in [0.5, 0.6) is 0 Å². The second-order valence-electron chi connectivity index (χ2n) is 7.92. The van der Waals surface area contributed by atoms with Crippen molar-refractivity contribution < 1.29 is 4.79 Å². The first-order valence-corrected chi connectivity index (χ1v) is 10.3. The van der Waals surface area contributed by atoms with Crippen LogP contribution in [0.15, 0.2) is 54.6 Å². The molecule has 148 valence electrons. The summed E-state index contributed by atoms with van der Waals surface area (Å²) in [5, 5.41) is 12.2. The van der Waals surface area contributed by atoms with Crippen molar-refractivity contribution in [1.82, 2.24) is 19.7 Å². The second kappa shape index (κ2) is 7.61. The quantitative estimate of drug-likeness (QED) is 0.719. The van der Waals surface area contributed by atoms with E-state index in [1.54, 1.807) is 0 Å². The predicted molar refractivity (Wildman–Crippen MR) is 112 cm³/mol. The molecule has 0 bridgehead atoms. The third kappa shape index (κ3) is 3.78. The molecule has 6 nitrogen and oxygen atoms in total. The fraction of sp³-hybridized carbons (Fsp3) is 0.318. The van der Waals surface area contributed by atoms with Crippen LogP contribution >= 0.6 is 11.6 Å². The number of rotatable bonds is 4. The number of carbonyl (C=O) groups is 1. The average molecular weight is 408 g/mol. The van der Waals surface area contributed by atoms with Gasteiger partial charge < -0.3 is 9.88 Å². The van der Waals surface area contributed by atoms with Gasteiger partial charge in [0.2, 0.25) is 5.82 Å². The normalized spacial score (nSPS) is 20.9. The van der Waals surface area contributed by atoms with E-state index in [4.69, 9.17) is 11.6 Å². The summed E-state index contributed by atoms with van der Waals surface area (Å²) in [5.74, 6) is 2.16. The van der Waals surface area contributed by atoms with Crippen molar-refractivity contribution in [2.24, 2.45) is 11.8 Å². The van der Waals surface area contributed by atoms with Gasteiger partial charge in [0.1, 0.15) is 5.82 Å². The summed E-state index contributed by atoms with van der Waals surface area (Å²) in [4.78, 5) is 15.2. The molecule has 2 atom stereocenters. The average Bonchev–Trinajstić information content (AvgIpc) is 3.29. The van der Waals surface area contributed by atoms with Crippen molar-refractivity contribution >= 4 is 23.2 Å². The topological polar surface area (TPSA) is 63.1 Å². The van der Waals surface area contributed by atoms with Crippen LogP contribution in [0.4, 0.5) is 5.69 Å². The van der Waals surface area contributed by atoms with Gasteiger partial charge in [-0.1, -0.05) is 41.9 Å². The Kier molecular flexibility index (Phi) is 4.81. The monoisotopic (exact) mass is 407 g/mol. The third-order valence-corrected chi connectivity index (χ3v) is 6.11. The summed E-state index contributed by atoms with van der Waals surface area (Å²) >= 11 is 6.13. The van der Waals surface area contributed by atoms with Gasteiger partial charge in [0.15, 0.2) is 0 Å². The van der Waals surface area contributed by atoms with Crippen molar-refractivity contribution in [3.63, 3.8) is 0 Å². The number of benzene rings is 2. The smallest absolute Gasteiger partial charge is 0.293 e. The number of hydrogen-bond acceptors (Lipinski definition) is 4. The first-order valence-electron chi connectivity index (χ1n) is 9.91. The van der Waals surface area contributed by atoms with Gasteiger partial charge in [-0.05, 0) is 41.7 Å². The van der Waals surface area contributed by atoms with Gasteiger partial charge in [-0.25, -0.2) is 0 Å². The molecule has 0 radical (unpaired) electrons. The molecule has 29 heavy (non-hydrogen) atoms. The number of nitrogens with zero attached hydrogens (tertiary/aromatic N) is 4. The van der Waals surface area contributed by atoms with Crippen molar-refractivity contribution in [3.05, 3.63) is 76.8 Å². The molecular weight excluding hydrogens is 386 g/mol. The summed E-state index contributed by atoms with van der Waals surface area (Å²) in [7, 11) is 0. The van der Waals surface area contributed by atoms with Crippen molar-refractivity contribution in [2.45, 2.75) is 19.5 Å². The molecule has 0 spiro atoms. The maximum absolute atomic E-state index is 12.7. The van der Waals surface area contributed by atoms with Crippen LogP contribution in [0.2, 0.25) is 5.02 Å². The van der Waals surface area contributed by atoms with Crippen LogP contribution in [0, 0.1) is 11.8 Å². The lowest BCUT2D eigenvalue weighted by atomic mass is 9.89. The lowest BCUT2D eigenvalue weighted by molar-refractivity contribution is 0.100. The van der Waals surface area contributed by atoms with Crippen molar-refractivity contribution in [3.8, 4) is 0 Å². The molecular formula is C22H22ClN5O. The Morgan fingerprint density at radius 2 is 1.86 bits per heavy atom. The molecule has 0 unspecified atom stereocenters. The molecule has 2 aromatic carbocycles. The van der Waals surface area contributed by atoms with Gasteiger partial charge in [0.25, 0.3) is 5.91 Å². The minimum atomic E-state index is -0.206. The minimum Gasteiger partial charge on any atom is -0.319 e. The molecule has 2 aliphatic rings. The maximum atomic E-state index is 12.7. The zero-order chi connectivity index (χ0) is 19.8. The molecule has 2 aliphatic heterocycles. The molecule has 1 fully saturated rings. The predicted octanol–water partition coefficient (Wildman–Crippen LogP) is 3.49. The standard InChI is InChI=1S/C22H22ClN5O/c23-18-6-4-5-15(9-18)11-27-12-16-10-20-25-26-21(28(20)14-17(16)13-27)22(29)24-19-7-2-1-3-8-19/h1-9,16-17H,10-14H2,(H,24,29)/t16-,17+/m0/s1. The number of fused-ring (bicyclic) bond motifs is 2. The number of halogens is 1. The van der Waals surface area contributed by atoms with E-state index in [-0.39, 0.29) is 5.91 Å². The maximum Gasteiger partial charge on any atom is 0.293 e. The van der Waals surface area contributed by atoms with Gasteiger partial charge >= 0.3 is 0 Å². The van der Waals surface area contributed by atoms with Crippen molar-refractivity contribution in [1.29, 1.82) is 0 Å². The molecule has 0 aliphatic carbocycles. The highest BCUT2D eigenvalue weighted by molar-refractivity contribution is 6.30. The zero-order valence-corrected chi connectivity index (χ0v) is 16.7. The minimum absolute atomic E-state index is 0.206. The summed E-state index contributed by atoms with van der Waals surface area (Å²) in [6.45, 7) is 3.73. The molecule has 1 N–H and O–H groups in total. The van der Waals surface area contributed by atoms with E-state index in [1.165, 1.54) is 5.56 Å². The Hall–Kier alpha value is -2.70. The largest absolute Gasteiger partial charge is 0.319 e. The Labute approximate surface area is 174 Å². The molecule has 3 aromatic rings. The fourth-order valence-electron chi connectivity index (χ4n) is 4.52. The molecule has 0 saturated carbocycles. The molecule has 1 aromatic heterocycles. The van der Waals surface area contributed by atoms with Gasteiger partial charge in [-0.3, -0.25) is 9.69 Å². The fourth-order valence-corrected chi connectivity index (χ4v) is 4.73. The molecule has 1 saturated heterocycles. The number of hydrogen-bond donors (Lipinski definition) is 1. The van der Waals surface area contributed by atoms with Crippen molar-refractivity contribution in [2.75, 3.05) is 18.4 Å². The number of nitrogens with one attached hydrogen (secondary N) is 1. The highest BCUT2D eigenvalue weighted by Gasteiger charge is 2.39. The third-order valence-electron chi connectivity index (χ3n) is 5.87. The van der Waals surface area contributed by atoms with E-state index in [9.17, 15) is 4.79 Å². The van der Waals surface area contributed by atoms with Crippen LogP contribution in [-0.2, 0) is 19.5 Å². The van der Waals surface area contributed by atoms with E-state index in [0.717, 1.165) is 49.1 Å². The first-order chi connectivity index (χ1) is 14.2. The summed E-state index contributed by atoms with van der Waals surface area (Å²) < 4.78 is 2.00. The van der Waals surface area contributed by atoms with E-state index < -0.39 is 0 Å². The highest BCUT2D eigenvalue weighted by Crippen LogP contribution is 2.33. The van der Waals surface area contributed by atoms with Gasteiger partial charge in [0, 0.05) is 43.3 Å². The van der Waals surface area contributed by atoms with Gasteiger partial charge in [-0.15, -0.1) is 10.2 Å². The summed E-state index contributed by atoms with van der Waals surface area (Å²) in [5.41, 5.74) is 2.00. The van der Waals surface area contributed by atoms with E-state index in [2.05, 4.69) is 26.5 Å². The van der Waals surface area contributed by atoms with Crippen LogP contribution in [0.25, 0.3) is 0 Å². The summed E-state index contributed by atoms with van der Waals surface area (Å²) in [6, 6.07) is 17.5. The van der Waals surface area contributed by atoms with Crippen LogP contribution in [-0.4, -0.2) is 38.7 Å². The Morgan fingerprint density at radius 1 is 1.03 bits per heavy atom. The summed E-state index contributed by atoms with van der Waals surface area (Å²) in [6.07, 6.45) is 0.863. The number of likely N-dealkylation sites (tertiary alicyclic amines) is 1. The lowest BCUT2D eigenvalue weighted by Crippen LogP contribution is -2.31. The molecule has 5 rings (SSSR count). The lowest BCUT2D eigenvalue weighted by Gasteiger charge is -2.25. The molecule has 7 heteroatoms. The molecule has 3 heterocycles. The van der Waals surface area contributed by atoms with E-state index in [1.807, 2.05) is 53.1 Å². The Bertz CT molecular complexity index is 1030. The SMILES string of the molecule is O=C(Nc1ccccc1)c1nnc2n1C[C@H]1CN(Cc3cccc(Cl)c3)C[C@@H]1C2. The number of aromatic nitrogens is 3. The highest BCUT2D eigenvalue weighted by atomic mass is 35.5. The van der Waals surface area contributed by atoms with Crippen LogP contribution < -0.4 is 5.32 Å². The van der Waals surface area contributed by atoms with Gasteiger partial charge in [-0.2, -0.15) is 0 Å².